The molecule has 1 rings (SSSR count). The number of ether oxygens (including phenoxy) is 1. The molecule has 0 spiro atoms. The average molecular weight is 353 g/mol. The highest BCUT2D eigenvalue weighted by atomic mass is 32.2. The van der Waals surface area contributed by atoms with Gasteiger partial charge in [0.1, 0.15) is 12.4 Å². The first-order chi connectivity index (χ1) is 11.6. The first-order valence-corrected chi connectivity index (χ1v) is 10.6. The number of hydrogen-bond acceptors (Lipinski definition) is 3. The van der Waals surface area contributed by atoms with Crippen LogP contribution in [0.4, 0.5) is 0 Å². The van der Waals surface area contributed by atoms with E-state index in [1.807, 2.05) is 0 Å². The molecule has 0 radical (unpaired) electrons. The number of unbranched alkanes of at least 4 members (excludes halogenated alkanes) is 7. The van der Waals surface area contributed by atoms with Gasteiger partial charge in [-0.3, -0.25) is 4.79 Å². The smallest absolute Gasteiger partial charge is 0.219 e. The van der Waals surface area contributed by atoms with Crippen molar-refractivity contribution in [3.8, 4) is 0 Å². The minimum Gasteiger partial charge on any atom is -0.492 e. The molecule has 1 heterocycles. The first-order valence-electron chi connectivity index (χ1n) is 9.79. The predicted octanol–water partition coefficient (Wildman–Crippen LogP) is 6.81. The second kappa shape index (κ2) is 11.8. The zero-order valence-electron chi connectivity index (χ0n) is 16.0. The highest BCUT2D eigenvalue weighted by Gasteiger charge is 2.43. The van der Waals surface area contributed by atoms with Crippen LogP contribution >= 0.6 is 11.8 Å². The van der Waals surface area contributed by atoms with Gasteiger partial charge in [0, 0.05) is 5.57 Å². The average Bonchev–Trinajstić information content (AvgIpc) is 2.79. The van der Waals surface area contributed by atoms with Crippen molar-refractivity contribution in [1.29, 1.82) is 0 Å². The monoisotopic (exact) mass is 352 g/mol. The van der Waals surface area contributed by atoms with Crippen LogP contribution in [0.25, 0.3) is 0 Å². The Balaban J connectivity index is 2.48. The molecule has 0 aliphatic carbocycles. The molecule has 0 amide bonds. The molecule has 0 aromatic heterocycles. The van der Waals surface area contributed by atoms with E-state index in [0.29, 0.717) is 6.61 Å². The fraction of sp³-hybridized carbons (Fsp3) is 0.762. The molecule has 3 heteroatoms. The van der Waals surface area contributed by atoms with Crippen LogP contribution in [0.1, 0.15) is 91.4 Å². The van der Waals surface area contributed by atoms with Crippen LogP contribution in [0.2, 0.25) is 0 Å². The van der Waals surface area contributed by atoms with Crippen LogP contribution < -0.4 is 0 Å². The molecule has 0 saturated heterocycles. The Bertz CT molecular complexity index is 428. The summed E-state index contributed by atoms with van der Waals surface area (Å²) >= 11 is 1.48. The highest BCUT2D eigenvalue weighted by molar-refractivity contribution is 8.15. The zero-order valence-corrected chi connectivity index (χ0v) is 16.8. The molecule has 0 bridgehead atoms. The number of carbonyl (C=O) groups excluding carboxylic acids is 1. The van der Waals surface area contributed by atoms with E-state index >= 15 is 0 Å². The Labute approximate surface area is 153 Å². The van der Waals surface area contributed by atoms with Crippen LogP contribution in [0.15, 0.2) is 24.0 Å². The van der Waals surface area contributed by atoms with Crippen molar-refractivity contribution in [2.45, 2.75) is 96.1 Å². The molecule has 0 fully saturated rings. The fourth-order valence-electron chi connectivity index (χ4n) is 3.33. The standard InChI is InChI=1S/C21H36O2S/c1-5-8-9-10-11-12-13-14-16-21(4)19(23-17-7-3)18(15-6-2)20(22)24-21/h7H,3,5-6,8-17H2,1-2,4H3. The third-order valence-electron chi connectivity index (χ3n) is 4.67. The minimum atomic E-state index is -0.174. The molecule has 0 N–H and O–H groups in total. The van der Waals surface area contributed by atoms with E-state index < -0.39 is 0 Å². The minimum absolute atomic E-state index is 0.174. The van der Waals surface area contributed by atoms with Gasteiger partial charge >= 0.3 is 0 Å². The molecule has 1 aliphatic rings. The molecule has 1 unspecified atom stereocenters. The molecule has 1 atom stereocenters. The second-order valence-electron chi connectivity index (χ2n) is 7.00. The fourth-order valence-corrected chi connectivity index (χ4v) is 4.58. The molecule has 1 aliphatic heterocycles. The summed E-state index contributed by atoms with van der Waals surface area (Å²) in [5.41, 5.74) is 0.909. The van der Waals surface area contributed by atoms with E-state index in [-0.39, 0.29) is 9.86 Å². The lowest BCUT2D eigenvalue weighted by Gasteiger charge is -2.26. The van der Waals surface area contributed by atoms with E-state index in [1.165, 1.54) is 63.1 Å². The van der Waals surface area contributed by atoms with Crippen LogP contribution in [-0.4, -0.2) is 16.5 Å². The Morgan fingerprint density at radius 3 is 2.25 bits per heavy atom. The van der Waals surface area contributed by atoms with Gasteiger partial charge in [0.15, 0.2) is 0 Å². The van der Waals surface area contributed by atoms with Crippen LogP contribution in [0.5, 0.6) is 0 Å². The largest absolute Gasteiger partial charge is 0.492 e. The SMILES string of the molecule is C=CCOC1=C(CCC)C(=O)SC1(C)CCCCCCCCCC. The topological polar surface area (TPSA) is 26.3 Å². The number of carbonyl (C=O) groups is 1. The summed E-state index contributed by atoms with van der Waals surface area (Å²) < 4.78 is 5.77. The maximum atomic E-state index is 12.4. The summed E-state index contributed by atoms with van der Waals surface area (Å²) in [4.78, 5) is 12.4. The number of hydrogen-bond donors (Lipinski definition) is 0. The van der Waals surface area contributed by atoms with Crippen molar-refractivity contribution >= 4 is 16.9 Å². The molecule has 0 saturated carbocycles. The quantitative estimate of drug-likeness (QED) is 0.254. The predicted molar refractivity (Wildman–Crippen MR) is 106 cm³/mol. The van der Waals surface area contributed by atoms with Gasteiger partial charge in [-0.15, -0.1) is 0 Å². The van der Waals surface area contributed by atoms with Crippen LogP contribution in [0, 0.1) is 0 Å². The molecular weight excluding hydrogens is 316 g/mol. The molecule has 0 aromatic rings. The van der Waals surface area contributed by atoms with Crippen molar-refractivity contribution in [3.05, 3.63) is 24.0 Å². The van der Waals surface area contributed by atoms with E-state index in [1.54, 1.807) is 6.08 Å². The summed E-state index contributed by atoms with van der Waals surface area (Å²) in [6.45, 7) is 10.8. The Morgan fingerprint density at radius 1 is 1.04 bits per heavy atom. The van der Waals surface area contributed by atoms with Crippen molar-refractivity contribution in [2.24, 2.45) is 0 Å². The lowest BCUT2D eigenvalue weighted by Crippen LogP contribution is -2.22. The summed E-state index contributed by atoms with van der Waals surface area (Å²) in [7, 11) is 0. The van der Waals surface area contributed by atoms with Gasteiger partial charge in [0.25, 0.3) is 0 Å². The molecule has 138 valence electrons. The van der Waals surface area contributed by atoms with Gasteiger partial charge in [-0.1, -0.05) is 96.1 Å². The van der Waals surface area contributed by atoms with Crippen molar-refractivity contribution < 1.29 is 9.53 Å². The summed E-state index contributed by atoms with van der Waals surface area (Å²) in [5, 5.41) is 0.220. The van der Waals surface area contributed by atoms with Gasteiger partial charge in [-0.05, 0) is 19.8 Å². The van der Waals surface area contributed by atoms with E-state index in [9.17, 15) is 4.79 Å². The number of rotatable bonds is 14. The Morgan fingerprint density at radius 2 is 1.67 bits per heavy atom. The van der Waals surface area contributed by atoms with Gasteiger partial charge in [0.2, 0.25) is 5.12 Å². The van der Waals surface area contributed by atoms with Gasteiger partial charge in [0.05, 0.1) is 4.75 Å². The van der Waals surface area contributed by atoms with Crippen LogP contribution in [0.3, 0.4) is 0 Å². The molecular formula is C21H36O2S. The lowest BCUT2D eigenvalue weighted by molar-refractivity contribution is -0.108. The first kappa shape index (κ1) is 21.3. The number of thioether (sulfide) groups is 1. The maximum Gasteiger partial charge on any atom is 0.219 e. The Kier molecular flexibility index (Phi) is 10.5. The normalized spacial score (nSPS) is 20.7. The van der Waals surface area contributed by atoms with E-state index in [0.717, 1.165) is 30.6 Å². The van der Waals surface area contributed by atoms with Gasteiger partial charge in [-0.2, -0.15) is 0 Å². The molecule has 0 aromatic carbocycles. The molecule has 2 nitrogen and oxygen atoms in total. The summed E-state index contributed by atoms with van der Waals surface area (Å²) in [5.74, 6) is 0.933. The van der Waals surface area contributed by atoms with Crippen molar-refractivity contribution in [2.75, 3.05) is 6.61 Å². The van der Waals surface area contributed by atoms with Gasteiger partial charge < -0.3 is 4.74 Å². The lowest BCUT2D eigenvalue weighted by atomic mass is 9.95. The zero-order chi connectivity index (χ0) is 17.8. The van der Waals surface area contributed by atoms with Crippen LogP contribution in [-0.2, 0) is 9.53 Å². The second-order valence-corrected chi connectivity index (χ2v) is 8.48. The van der Waals surface area contributed by atoms with Crippen molar-refractivity contribution in [3.63, 3.8) is 0 Å². The highest BCUT2D eigenvalue weighted by Crippen LogP contribution is 2.48. The summed E-state index contributed by atoms with van der Waals surface area (Å²) in [6.07, 6.45) is 15.1. The van der Waals surface area contributed by atoms with E-state index in [4.69, 9.17) is 4.74 Å². The third-order valence-corrected chi connectivity index (χ3v) is 5.94. The Hall–Kier alpha value is -0.700. The van der Waals surface area contributed by atoms with Gasteiger partial charge in [-0.25, -0.2) is 0 Å². The van der Waals surface area contributed by atoms with Crippen molar-refractivity contribution in [1.82, 2.24) is 0 Å². The summed E-state index contributed by atoms with van der Waals surface area (Å²) in [6, 6.07) is 0. The molecule has 24 heavy (non-hydrogen) atoms. The maximum absolute atomic E-state index is 12.4. The third kappa shape index (κ3) is 6.66. The van der Waals surface area contributed by atoms with E-state index in [2.05, 4.69) is 27.4 Å².